The molecule has 1 aliphatic carbocycles. The molecule has 1 saturated carbocycles. The summed E-state index contributed by atoms with van der Waals surface area (Å²) in [6.45, 7) is 0. The Balaban J connectivity index is 1.62. The van der Waals surface area contributed by atoms with Crippen LogP contribution < -0.4 is 10.6 Å². The molecule has 8 heteroatoms. The minimum Gasteiger partial charge on any atom is -0.353 e. The largest absolute Gasteiger partial charge is 0.416 e. The van der Waals surface area contributed by atoms with Gasteiger partial charge in [-0.15, -0.1) is 11.8 Å². The molecule has 2 N–H and O–H groups in total. The topological polar surface area (TPSA) is 58.2 Å². The third-order valence-electron chi connectivity index (χ3n) is 4.72. The Bertz CT molecular complexity index is 686. The van der Waals surface area contributed by atoms with Crippen LogP contribution in [0.5, 0.6) is 0 Å². The summed E-state index contributed by atoms with van der Waals surface area (Å²) in [5, 5.41) is 4.87. The second-order valence-electron chi connectivity index (χ2n) is 6.76. The van der Waals surface area contributed by atoms with Crippen molar-refractivity contribution in [1.82, 2.24) is 5.32 Å². The Morgan fingerprint density at radius 2 is 1.88 bits per heavy atom. The molecule has 1 unspecified atom stereocenters. The maximum absolute atomic E-state index is 12.8. The van der Waals surface area contributed by atoms with E-state index in [-0.39, 0.29) is 24.1 Å². The summed E-state index contributed by atoms with van der Waals surface area (Å²) in [5.41, 5.74) is -0.656. The SMILES string of the molecule is O=C(CC1Sc2ccc(C(F)(F)F)cc2NC1=O)NC1CCCCCC1. The maximum Gasteiger partial charge on any atom is 0.416 e. The predicted molar refractivity (Wildman–Crippen MR) is 94.0 cm³/mol. The van der Waals surface area contributed by atoms with Gasteiger partial charge in [-0.1, -0.05) is 25.7 Å². The molecule has 1 aliphatic heterocycles. The summed E-state index contributed by atoms with van der Waals surface area (Å²) in [6.07, 6.45) is 2.04. The number of hydrogen-bond donors (Lipinski definition) is 2. The van der Waals surface area contributed by atoms with E-state index in [1.807, 2.05) is 0 Å². The third kappa shape index (κ3) is 4.72. The van der Waals surface area contributed by atoms with Crippen molar-refractivity contribution in [1.29, 1.82) is 0 Å². The molecular weight excluding hydrogens is 365 g/mol. The van der Waals surface area contributed by atoms with E-state index >= 15 is 0 Å². The normalized spacial score (nSPS) is 21.5. The highest BCUT2D eigenvalue weighted by Crippen LogP contribution is 2.40. The number of thioether (sulfide) groups is 1. The van der Waals surface area contributed by atoms with Crippen molar-refractivity contribution in [3.63, 3.8) is 0 Å². The zero-order chi connectivity index (χ0) is 18.7. The molecule has 1 aromatic rings. The number of hydrogen-bond acceptors (Lipinski definition) is 3. The molecule has 0 aromatic heterocycles. The third-order valence-corrected chi connectivity index (χ3v) is 5.99. The van der Waals surface area contributed by atoms with E-state index in [9.17, 15) is 22.8 Å². The van der Waals surface area contributed by atoms with Crippen molar-refractivity contribution >= 4 is 29.3 Å². The minimum absolute atomic E-state index is 0.0213. The van der Waals surface area contributed by atoms with Crippen molar-refractivity contribution in [2.24, 2.45) is 0 Å². The lowest BCUT2D eigenvalue weighted by Crippen LogP contribution is -2.39. The van der Waals surface area contributed by atoms with Crippen LogP contribution in [0, 0.1) is 0 Å². The maximum atomic E-state index is 12.8. The number of carbonyl (C=O) groups is 2. The zero-order valence-electron chi connectivity index (χ0n) is 14.2. The van der Waals surface area contributed by atoms with E-state index in [1.54, 1.807) is 0 Å². The minimum atomic E-state index is -4.46. The van der Waals surface area contributed by atoms with Gasteiger partial charge in [0.1, 0.15) is 0 Å². The lowest BCUT2D eigenvalue weighted by Gasteiger charge is -2.25. The van der Waals surface area contributed by atoms with Gasteiger partial charge >= 0.3 is 6.18 Å². The number of carbonyl (C=O) groups excluding carboxylic acids is 2. The molecular formula is C18H21F3N2O2S. The average molecular weight is 386 g/mol. The molecule has 26 heavy (non-hydrogen) atoms. The quantitative estimate of drug-likeness (QED) is 0.760. The first-order valence-corrected chi connectivity index (χ1v) is 9.69. The molecule has 0 radical (unpaired) electrons. The van der Waals surface area contributed by atoms with Crippen molar-refractivity contribution in [2.75, 3.05) is 5.32 Å². The fraction of sp³-hybridized carbons (Fsp3) is 0.556. The second-order valence-corrected chi connectivity index (χ2v) is 8.01. The zero-order valence-corrected chi connectivity index (χ0v) is 15.0. The van der Waals surface area contributed by atoms with Crippen LogP contribution in [-0.2, 0) is 15.8 Å². The van der Waals surface area contributed by atoms with Crippen LogP contribution in [0.3, 0.4) is 0 Å². The van der Waals surface area contributed by atoms with Gasteiger partial charge in [0.2, 0.25) is 11.8 Å². The number of halogens is 3. The lowest BCUT2D eigenvalue weighted by molar-refractivity contribution is -0.137. The molecule has 2 aliphatic rings. The number of nitrogens with one attached hydrogen (secondary N) is 2. The van der Waals surface area contributed by atoms with E-state index in [1.165, 1.54) is 18.9 Å². The molecule has 142 valence electrons. The van der Waals surface area contributed by atoms with Crippen LogP contribution in [0.2, 0.25) is 0 Å². The highest BCUT2D eigenvalue weighted by Gasteiger charge is 2.34. The summed E-state index contributed by atoms with van der Waals surface area (Å²) in [4.78, 5) is 25.0. The van der Waals surface area contributed by atoms with E-state index in [4.69, 9.17) is 0 Å². The van der Waals surface area contributed by atoms with Gasteiger partial charge in [0.25, 0.3) is 0 Å². The van der Waals surface area contributed by atoms with Crippen molar-refractivity contribution in [2.45, 2.75) is 67.3 Å². The number of benzene rings is 1. The molecule has 1 atom stereocenters. The summed E-state index contributed by atoms with van der Waals surface area (Å²) in [6, 6.07) is 3.43. The number of amides is 2. The van der Waals surface area contributed by atoms with Gasteiger partial charge in [-0.2, -0.15) is 13.2 Å². The van der Waals surface area contributed by atoms with Gasteiger partial charge in [-0.3, -0.25) is 9.59 Å². The second kappa shape index (κ2) is 7.90. The Kier molecular flexibility index (Phi) is 5.79. The average Bonchev–Trinajstić information content (AvgIpc) is 2.83. The van der Waals surface area contributed by atoms with Crippen LogP contribution in [0.15, 0.2) is 23.1 Å². The first kappa shape index (κ1) is 19.1. The predicted octanol–water partition coefficient (Wildman–Crippen LogP) is 4.35. The Labute approximate surface area is 154 Å². The van der Waals surface area contributed by atoms with E-state index in [0.29, 0.717) is 4.90 Å². The summed E-state index contributed by atoms with van der Waals surface area (Å²) >= 11 is 1.14. The molecule has 1 aromatic carbocycles. The smallest absolute Gasteiger partial charge is 0.353 e. The fourth-order valence-electron chi connectivity index (χ4n) is 3.34. The fourth-order valence-corrected chi connectivity index (χ4v) is 4.43. The molecule has 0 bridgehead atoms. The van der Waals surface area contributed by atoms with Crippen LogP contribution in [0.1, 0.15) is 50.5 Å². The Morgan fingerprint density at radius 3 is 2.54 bits per heavy atom. The lowest BCUT2D eigenvalue weighted by atomic mass is 10.1. The van der Waals surface area contributed by atoms with Gasteiger partial charge in [0.05, 0.1) is 16.5 Å². The molecule has 0 saturated heterocycles. The summed E-state index contributed by atoms with van der Waals surface area (Å²) in [5.74, 6) is -0.613. The molecule has 0 spiro atoms. The van der Waals surface area contributed by atoms with Crippen LogP contribution >= 0.6 is 11.8 Å². The molecule has 3 rings (SSSR count). The Morgan fingerprint density at radius 1 is 1.19 bits per heavy atom. The summed E-state index contributed by atoms with van der Waals surface area (Å²) < 4.78 is 38.3. The van der Waals surface area contributed by atoms with Gasteiger partial charge in [0.15, 0.2) is 0 Å². The van der Waals surface area contributed by atoms with E-state index in [0.717, 1.165) is 49.6 Å². The van der Waals surface area contributed by atoms with E-state index in [2.05, 4.69) is 10.6 Å². The van der Waals surface area contributed by atoms with Gasteiger partial charge in [-0.25, -0.2) is 0 Å². The molecule has 1 fully saturated rings. The van der Waals surface area contributed by atoms with Crippen molar-refractivity contribution in [3.8, 4) is 0 Å². The molecule has 1 heterocycles. The molecule has 2 amide bonds. The first-order valence-electron chi connectivity index (χ1n) is 8.81. The number of fused-ring (bicyclic) bond motifs is 1. The number of alkyl halides is 3. The van der Waals surface area contributed by atoms with Crippen LogP contribution in [0.25, 0.3) is 0 Å². The monoisotopic (exact) mass is 386 g/mol. The van der Waals surface area contributed by atoms with Gasteiger partial charge in [0, 0.05) is 17.4 Å². The summed E-state index contributed by atoms with van der Waals surface area (Å²) in [7, 11) is 0. The highest BCUT2D eigenvalue weighted by molar-refractivity contribution is 8.01. The van der Waals surface area contributed by atoms with Crippen LogP contribution in [0.4, 0.5) is 18.9 Å². The van der Waals surface area contributed by atoms with Crippen molar-refractivity contribution in [3.05, 3.63) is 23.8 Å². The number of anilines is 1. The van der Waals surface area contributed by atoms with E-state index < -0.39 is 22.9 Å². The first-order chi connectivity index (χ1) is 12.3. The van der Waals surface area contributed by atoms with Gasteiger partial charge in [-0.05, 0) is 31.0 Å². The highest BCUT2D eigenvalue weighted by atomic mass is 32.2. The van der Waals surface area contributed by atoms with Crippen LogP contribution in [-0.4, -0.2) is 23.1 Å². The molecule has 4 nitrogen and oxygen atoms in total. The standard InChI is InChI=1S/C18H21F3N2O2S/c19-18(20,21)11-7-8-14-13(9-11)23-17(25)15(26-14)10-16(24)22-12-5-3-1-2-4-6-12/h7-9,12,15H,1-6,10H2,(H,22,24)(H,23,25). The van der Waals surface area contributed by atoms with Gasteiger partial charge < -0.3 is 10.6 Å². The Hall–Kier alpha value is -1.70. The van der Waals surface area contributed by atoms with Crippen molar-refractivity contribution < 1.29 is 22.8 Å². The number of rotatable bonds is 3.